The molecule has 0 aliphatic rings. The molecule has 0 aliphatic carbocycles. The van der Waals surface area contributed by atoms with E-state index in [1.165, 1.54) is 0 Å². The van der Waals surface area contributed by atoms with Crippen molar-refractivity contribution in [1.82, 2.24) is 16.0 Å². The molecule has 0 aromatic heterocycles. The summed E-state index contributed by atoms with van der Waals surface area (Å²) in [7, 11) is 0. The van der Waals surface area contributed by atoms with Crippen LogP contribution < -0.4 is 16.0 Å². The van der Waals surface area contributed by atoms with Crippen molar-refractivity contribution in [2.45, 2.75) is 195 Å². The van der Waals surface area contributed by atoms with E-state index in [1.54, 1.807) is 0 Å². The quantitative estimate of drug-likeness (QED) is 0.0285. The molecule has 0 aliphatic heterocycles. The van der Waals surface area contributed by atoms with Gasteiger partial charge in [-0.25, -0.2) is 0 Å². The van der Waals surface area contributed by atoms with Crippen molar-refractivity contribution in [2.75, 3.05) is 52.5 Å². The zero-order chi connectivity index (χ0) is 53.7. The predicted octanol–water partition coefficient (Wildman–Crippen LogP) is 10.4. The number of nitrogens with one attached hydrogen (secondary N) is 3. The second-order valence-electron chi connectivity index (χ2n) is 24.6. The maximum Gasteiger partial charge on any atom is 0.310 e. The summed E-state index contributed by atoms with van der Waals surface area (Å²) in [6.07, 6.45) is 2.37. The molecule has 0 fully saturated rings. The third-order valence-corrected chi connectivity index (χ3v) is 13.0. The van der Waals surface area contributed by atoms with Gasteiger partial charge in [-0.2, -0.15) is 0 Å². The molecule has 0 spiro atoms. The smallest absolute Gasteiger partial charge is 0.310 e. The van der Waals surface area contributed by atoms with E-state index in [4.69, 9.17) is 14.2 Å². The van der Waals surface area contributed by atoms with Crippen LogP contribution in [0.3, 0.4) is 0 Å². The molecule has 12 heteroatoms. The average Bonchev–Trinajstić information content (AvgIpc) is 3.24. The Balaban J connectivity index is 1.57. The lowest BCUT2D eigenvalue weighted by Crippen LogP contribution is -2.47. The van der Waals surface area contributed by atoms with E-state index in [0.717, 1.165) is 56.5 Å². The maximum atomic E-state index is 13.1. The van der Waals surface area contributed by atoms with Crippen molar-refractivity contribution in [2.24, 2.45) is 0 Å². The van der Waals surface area contributed by atoms with E-state index >= 15 is 0 Å². The van der Waals surface area contributed by atoms with E-state index in [9.17, 15) is 29.7 Å². The summed E-state index contributed by atoms with van der Waals surface area (Å²) in [5.74, 6) is 0.106. The zero-order valence-corrected chi connectivity index (χ0v) is 46.8. The molecular weight excluding hydrogens is 895 g/mol. The normalized spacial score (nSPS) is 13.1. The Labute approximate surface area is 427 Å². The van der Waals surface area contributed by atoms with Crippen molar-refractivity contribution in [3.05, 3.63) is 86.5 Å². The van der Waals surface area contributed by atoms with Gasteiger partial charge in [0, 0.05) is 51.6 Å². The largest absolute Gasteiger partial charge is 0.507 e. The molecule has 0 heterocycles. The highest BCUT2D eigenvalue weighted by molar-refractivity contribution is 5.73. The first-order valence-electron chi connectivity index (χ1n) is 26.0. The minimum absolute atomic E-state index is 0.0898. The fourth-order valence-electron chi connectivity index (χ4n) is 8.48. The van der Waals surface area contributed by atoms with Crippen LogP contribution in [0.25, 0.3) is 0 Å². The van der Waals surface area contributed by atoms with Crippen molar-refractivity contribution >= 4 is 17.9 Å². The fourth-order valence-corrected chi connectivity index (χ4v) is 8.48. The summed E-state index contributed by atoms with van der Waals surface area (Å²) in [5.41, 5.74) is 6.51. The van der Waals surface area contributed by atoms with Crippen LogP contribution >= 0.6 is 0 Å². The molecule has 3 rings (SSSR count). The highest BCUT2D eigenvalue weighted by atomic mass is 16.5. The summed E-state index contributed by atoms with van der Waals surface area (Å²) < 4.78 is 16.9. The van der Waals surface area contributed by atoms with Crippen LogP contribution in [0.2, 0.25) is 0 Å². The van der Waals surface area contributed by atoms with Crippen molar-refractivity contribution in [3.63, 3.8) is 0 Å². The van der Waals surface area contributed by atoms with Gasteiger partial charge in [-0.3, -0.25) is 14.4 Å². The van der Waals surface area contributed by atoms with Gasteiger partial charge in [-0.15, -0.1) is 0 Å². The van der Waals surface area contributed by atoms with Crippen LogP contribution in [0.4, 0.5) is 0 Å². The monoisotopic (exact) mass is 988 g/mol. The molecule has 0 bridgehead atoms. The molecule has 6 N–H and O–H groups in total. The van der Waals surface area contributed by atoms with Gasteiger partial charge in [0.1, 0.15) is 37.1 Å². The third kappa shape index (κ3) is 19.4. The van der Waals surface area contributed by atoms with Gasteiger partial charge in [0.15, 0.2) is 0 Å². The number of esters is 3. The SMILES string of the molecule is CCC(C)c1cc(CC(=O)OCCNC(CNCCOC(=O)CCc2cc(C(C)(C)C)c(O)c(C(C)(C)C)c2)CNCCOC(=O)CCc2cc(C(C)(C)C)c(O)c(C(C)(C)C)c2)cc(C(C)(C)C)c1O. The summed E-state index contributed by atoms with van der Waals surface area (Å²) in [5, 5.41) is 43.5. The van der Waals surface area contributed by atoms with Crippen LogP contribution in [0, 0.1) is 0 Å². The summed E-state index contributed by atoms with van der Waals surface area (Å²) >= 11 is 0. The third-order valence-electron chi connectivity index (χ3n) is 13.0. The van der Waals surface area contributed by atoms with Gasteiger partial charge in [0.2, 0.25) is 0 Å². The number of aromatic hydroxyl groups is 3. The number of phenols is 3. The van der Waals surface area contributed by atoms with Gasteiger partial charge in [0.05, 0.1) is 6.42 Å². The molecule has 1 unspecified atom stereocenters. The topological polar surface area (TPSA) is 176 Å². The van der Waals surface area contributed by atoms with Gasteiger partial charge < -0.3 is 45.5 Å². The minimum Gasteiger partial charge on any atom is -0.507 e. The Kier molecular flexibility index (Phi) is 22.1. The number of benzene rings is 3. The number of aryl methyl sites for hydroxylation is 2. The first-order chi connectivity index (χ1) is 32.7. The van der Waals surface area contributed by atoms with Crippen LogP contribution in [-0.4, -0.2) is 91.8 Å². The Morgan fingerprint density at radius 1 is 0.493 bits per heavy atom. The maximum absolute atomic E-state index is 13.1. The van der Waals surface area contributed by atoms with E-state index in [2.05, 4.69) is 113 Å². The molecule has 0 saturated heterocycles. The fraction of sp³-hybridized carbons (Fsp3) is 0.644. The molecule has 0 amide bonds. The summed E-state index contributed by atoms with van der Waals surface area (Å²) in [6.45, 7) is 37.9. The summed E-state index contributed by atoms with van der Waals surface area (Å²) in [6, 6.07) is 11.7. The molecule has 71 heavy (non-hydrogen) atoms. The van der Waals surface area contributed by atoms with Crippen LogP contribution in [-0.2, 0) is 74.9 Å². The molecule has 0 saturated carbocycles. The van der Waals surface area contributed by atoms with E-state index in [1.807, 2.05) is 57.2 Å². The van der Waals surface area contributed by atoms with E-state index in [0.29, 0.717) is 62.8 Å². The number of carbonyl (C=O) groups excluding carboxylic acids is 3. The number of hydrogen-bond donors (Lipinski definition) is 6. The van der Waals surface area contributed by atoms with Gasteiger partial charge in [0.25, 0.3) is 0 Å². The molecule has 3 aromatic rings. The van der Waals surface area contributed by atoms with E-state index < -0.39 is 0 Å². The first-order valence-corrected chi connectivity index (χ1v) is 26.0. The molecular formula is C59H93N3O9. The second-order valence-corrected chi connectivity index (χ2v) is 24.6. The number of phenolic OH excluding ortho intramolecular Hbond substituents is 3. The number of carbonyl (C=O) groups is 3. The van der Waals surface area contributed by atoms with Crippen LogP contribution in [0.5, 0.6) is 17.2 Å². The standard InChI is InChI=1S/C59H93N3O9/c1-18-38(2)43-29-41(34-44(52(43)66)55(3,4)5)35-51(65)71-28-25-62-42(36-60-23-26-69-49(63)21-19-39-30-45(56(6,7)8)53(67)46(31-39)57(9,10)11)37-61-24-27-70-50(64)22-20-40-32-47(58(12,13)14)54(68)48(33-40)59(15,16)17/h29-34,38,42,60-62,66-68H,18-28,35-37H2,1-17H3. The Morgan fingerprint density at radius 3 is 1.20 bits per heavy atom. The number of ether oxygens (including phenoxy) is 3. The number of hydrogen-bond acceptors (Lipinski definition) is 12. The summed E-state index contributed by atoms with van der Waals surface area (Å²) in [4.78, 5) is 38.9. The molecule has 1 atom stereocenters. The molecule has 398 valence electrons. The zero-order valence-electron chi connectivity index (χ0n) is 46.8. The molecule has 3 aromatic carbocycles. The van der Waals surface area contributed by atoms with Gasteiger partial charge in [-0.1, -0.05) is 154 Å². The van der Waals surface area contributed by atoms with E-state index in [-0.39, 0.29) is 96.0 Å². The highest BCUT2D eigenvalue weighted by Crippen LogP contribution is 2.42. The average molecular weight is 988 g/mol. The van der Waals surface area contributed by atoms with Crippen molar-refractivity contribution in [1.29, 1.82) is 0 Å². The van der Waals surface area contributed by atoms with Crippen molar-refractivity contribution < 1.29 is 43.9 Å². The van der Waals surface area contributed by atoms with Crippen LogP contribution in [0.15, 0.2) is 36.4 Å². The lowest BCUT2D eigenvalue weighted by molar-refractivity contribution is -0.144. The molecule has 0 radical (unpaired) electrons. The van der Waals surface area contributed by atoms with Crippen molar-refractivity contribution in [3.8, 4) is 17.2 Å². The highest BCUT2D eigenvalue weighted by Gasteiger charge is 2.29. The van der Waals surface area contributed by atoms with Gasteiger partial charge in [-0.05, 0) is 102 Å². The van der Waals surface area contributed by atoms with Gasteiger partial charge >= 0.3 is 17.9 Å². The number of rotatable bonds is 24. The predicted molar refractivity (Wildman–Crippen MR) is 287 cm³/mol. The Morgan fingerprint density at radius 2 is 0.831 bits per heavy atom. The molecule has 12 nitrogen and oxygen atoms in total. The lowest BCUT2D eigenvalue weighted by Gasteiger charge is -2.28. The lowest BCUT2D eigenvalue weighted by atomic mass is 9.78. The minimum atomic E-state index is -0.353. The Bertz CT molecular complexity index is 2050. The first kappa shape index (κ1) is 60.7. The van der Waals surface area contributed by atoms with Crippen LogP contribution in [0.1, 0.15) is 193 Å². The second kappa shape index (κ2) is 25.8. The Hall–Kier alpha value is -4.65.